The van der Waals surface area contributed by atoms with Crippen LogP contribution < -0.4 is 21.3 Å². The van der Waals surface area contributed by atoms with Crippen molar-refractivity contribution in [3.05, 3.63) is 34.4 Å². The number of carbonyl (C=O) groups is 4. The second-order valence-corrected chi connectivity index (χ2v) is 37.3. The van der Waals surface area contributed by atoms with Crippen molar-refractivity contribution >= 4 is 86.0 Å². The topological polar surface area (TPSA) is 163 Å². The lowest BCUT2D eigenvalue weighted by Gasteiger charge is -2.33. The third-order valence-corrected chi connectivity index (χ3v) is 28.4. The summed E-state index contributed by atoms with van der Waals surface area (Å²) in [6.45, 7) is 27.0. The van der Waals surface area contributed by atoms with E-state index in [4.69, 9.17) is 20.9 Å². The van der Waals surface area contributed by atoms with Gasteiger partial charge in [-0.2, -0.15) is 0 Å². The Morgan fingerprint density at radius 1 is 0.582 bits per heavy atom. The fourth-order valence-electron chi connectivity index (χ4n) is 6.12. The molecule has 0 aliphatic heterocycles. The SMILES string of the molecule is CCCCNC(=O)c1cc(C(=O)NCCC[SiH](C)O[Si](C)(C)O[Si](C)(C)C)c(C(=O)NCCC[SiH](C)O[SiH](C)O[SiH](C)C)cc1C(=O)NCCC[SiH](C)OC. The number of nitrogens with one attached hydrogen (secondary N) is 4. The summed E-state index contributed by atoms with van der Waals surface area (Å²) in [6.07, 6.45) is 3.78. The maximum absolute atomic E-state index is 13.8. The van der Waals surface area contributed by atoms with Gasteiger partial charge in [-0.15, -0.1) is 0 Å². The van der Waals surface area contributed by atoms with E-state index in [0.29, 0.717) is 39.0 Å². The Morgan fingerprint density at radius 2 is 0.964 bits per heavy atom. The number of rotatable bonds is 28. The summed E-state index contributed by atoms with van der Waals surface area (Å²) >= 11 is 0. The fourth-order valence-corrected chi connectivity index (χ4v) is 26.6. The monoisotopic (exact) mass is 890 g/mol. The summed E-state index contributed by atoms with van der Waals surface area (Å²) < 4.78 is 30.5. The molecule has 0 bridgehead atoms. The minimum absolute atomic E-state index is 0.0494. The molecule has 0 saturated heterocycles. The van der Waals surface area contributed by atoms with Crippen LogP contribution in [0, 0.1) is 0 Å². The Kier molecular flexibility index (Phi) is 24.7. The Labute approximate surface area is 342 Å². The second-order valence-electron chi connectivity index (χ2n) is 16.0. The van der Waals surface area contributed by atoms with Crippen LogP contribution in [0.1, 0.15) is 80.5 Å². The van der Waals surface area contributed by atoms with Crippen molar-refractivity contribution in [1.29, 1.82) is 0 Å². The van der Waals surface area contributed by atoms with Crippen LogP contribution in [0.3, 0.4) is 0 Å². The number of carbonyl (C=O) groups excluding carboxylic acids is 4. The van der Waals surface area contributed by atoms with Gasteiger partial charge in [0.05, 0.1) is 22.3 Å². The maximum atomic E-state index is 13.8. The zero-order chi connectivity index (χ0) is 41.8. The molecule has 55 heavy (non-hydrogen) atoms. The largest absolute Gasteiger partial charge is 0.442 e. The van der Waals surface area contributed by atoms with Gasteiger partial charge in [0.25, 0.3) is 32.9 Å². The van der Waals surface area contributed by atoms with Crippen molar-refractivity contribution in [3.63, 3.8) is 0 Å². The molecule has 0 spiro atoms. The zero-order valence-electron chi connectivity index (χ0n) is 36.2. The number of benzene rings is 1. The molecule has 20 heteroatoms. The van der Waals surface area contributed by atoms with E-state index in [1.807, 2.05) is 6.92 Å². The van der Waals surface area contributed by atoms with Gasteiger partial charge in [0.15, 0.2) is 44.5 Å². The van der Waals surface area contributed by atoms with Crippen LogP contribution in [-0.2, 0) is 20.9 Å². The van der Waals surface area contributed by atoms with Crippen molar-refractivity contribution in [3.8, 4) is 0 Å². The first kappa shape index (κ1) is 51.4. The summed E-state index contributed by atoms with van der Waals surface area (Å²) in [7, 11) is -9.39. The molecule has 0 fully saturated rings. The minimum Gasteiger partial charge on any atom is -0.442 e. The van der Waals surface area contributed by atoms with Gasteiger partial charge in [-0.05, 0) is 128 Å². The van der Waals surface area contributed by atoms with E-state index in [2.05, 4.69) is 93.3 Å². The molecule has 1 aromatic carbocycles. The van der Waals surface area contributed by atoms with E-state index in [1.165, 1.54) is 12.1 Å². The molecular weight excluding hydrogens is 817 g/mol. The van der Waals surface area contributed by atoms with Gasteiger partial charge in [-0.3, -0.25) is 19.2 Å². The molecular formula is C35H74N4O9Si7. The first-order chi connectivity index (χ1) is 25.7. The lowest BCUT2D eigenvalue weighted by molar-refractivity contribution is 0.0908. The van der Waals surface area contributed by atoms with Gasteiger partial charge >= 0.3 is 8.56 Å². The summed E-state index contributed by atoms with van der Waals surface area (Å²) in [5, 5.41) is 11.7. The number of amides is 4. The molecule has 0 aromatic heterocycles. The van der Waals surface area contributed by atoms with Gasteiger partial charge < -0.3 is 42.2 Å². The number of unbranched alkanes of at least 4 members (excludes halogenated alkanes) is 1. The molecule has 0 saturated carbocycles. The fraction of sp³-hybridized carbons (Fsp3) is 0.714. The second kappa shape index (κ2) is 26.4. The lowest BCUT2D eigenvalue weighted by atomic mass is 9.95. The number of hydrogen-bond acceptors (Lipinski definition) is 9. The first-order valence-corrected chi connectivity index (χ1v) is 38.6. The normalized spacial score (nSPS) is 14.2. The average molecular weight is 892 g/mol. The number of hydrogen-bond donors (Lipinski definition) is 4. The Balaban J connectivity index is 3.30. The highest BCUT2D eigenvalue weighted by atomic mass is 28.5. The van der Waals surface area contributed by atoms with Gasteiger partial charge in [-0.25, -0.2) is 0 Å². The predicted octanol–water partition coefficient (Wildman–Crippen LogP) is 4.72. The standard InChI is InChI=1S/C35H74N4O9Si7/c1-14-15-19-36-32(40)28-26-30(35(43)39-22-18-25-52(7)47-55(12,13)48-54(9,10)11)31(27-29(28)33(41)37-20-16-23-50(5)44-2)34(42)38-21-17-24-51(6)46-53(8)45-49(3)4/h26-27,49-53H,14-25H2,1-13H3,(H,36,40)(H,37,41)(H,38,42)(H,39,43). The summed E-state index contributed by atoms with van der Waals surface area (Å²) in [5.74, 6) is -1.90. The van der Waals surface area contributed by atoms with Crippen molar-refractivity contribution in [2.45, 2.75) is 129 Å². The highest BCUT2D eigenvalue weighted by Crippen LogP contribution is 2.21. The van der Waals surface area contributed by atoms with Gasteiger partial charge in [0, 0.05) is 33.3 Å². The minimum atomic E-state index is -2.24. The summed E-state index contributed by atoms with van der Waals surface area (Å²) in [4.78, 5) is 54.9. The van der Waals surface area contributed by atoms with E-state index < -0.39 is 86.0 Å². The smallest absolute Gasteiger partial charge is 0.310 e. The van der Waals surface area contributed by atoms with Crippen molar-refractivity contribution in [2.24, 2.45) is 0 Å². The van der Waals surface area contributed by atoms with Crippen molar-refractivity contribution in [1.82, 2.24) is 21.3 Å². The highest BCUT2D eigenvalue weighted by Gasteiger charge is 2.33. The van der Waals surface area contributed by atoms with Crippen LogP contribution >= 0.6 is 0 Å². The van der Waals surface area contributed by atoms with E-state index in [1.54, 1.807) is 7.11 Å². The molecule has 4 amide bonds. The maximum Gasteiger partial charge on any atom is 0.310 e. The molecule has 0 aliphatic rings. The molecule has 4 N–H and O–H groups in total. The van der Waals surface area contributed by atoms with Gasteiger partial charge in [0.1, 0.15) is 0 Å². The molecule has 316 valence electrons. The lowest BCUT2D eigenvalue weighted by Crippen LogP contribution is -2.47. The van der Waals surface area contributed by atoms with E-state index in [9.17, 15) is 19.2 Å². The third kappa shape index (κ3) is 22.2. The quantitative estimate of drug-likeness (QED) is 0.0690. The molecule has 13 nitrogen and oxygen atoms in total. The third-order valence-electron chi connectivity index (χ3n) is 8.50. The Morgan fingerprint density at radius 3 is 1.33 bits per heavy atom. The summed E-state index contributed by atoms with van der Waals surface area (Å²) in [6, 6.07) is 5.38. The average Bonchev–Trinajstić information content (AvgIpc) is 3.07. The van der Waals surface area contributed by atoms with Crippen molar-refractivity contribution in [2.75, 3.05) is 33.3 Å². The summed E-state index contributed by atoms with van der Waals surface area (Å²) in [5.41, 5.74) is 0.211. The first-order valence-electron chi connectivity index (χ1n) is 20.2. The van der Waals surface area contributed by atoms with E-state index in [-0.39, 0.29) is 22.3 Å². The zero-order valence-corrected chi connectivity index (χ0v) is 44.0. The predicted molar refractivity (Wildman–Crippen MR) is 242 cm³/mol. The van der Waals surface area contributed by atoms with Gasteiger partial charge in [-0.1, -0.05) is 13.3 Å². The molecule has 4 atom stereocenters. The molecule has 1 aromatic rings. The van der Waals surface area contributed by atoms with Crippen LogP contribution in [0.2, 0.25) is 90.1 Å². The van der Waals surface area contributed by atoms with E-state index in [0.717, 1.165) is 37.4 Å². The van der Waals surface area contributed by atoms with E-state index >= 15 is 0 Å². The van der Waals surface area contributed by atoms with Crippen LogP contribution in [0.4, 0.5) is 0 Å². The van der Waals surface area contributed by atoms with Crippen molar-refractivity contribution < 1.29 is 40.1 Å². The molecule has 0 radical (unpaired) electrons. The highest BCUT2D eigenvalue weighted by molar-refractivity contribution is 6.84. The molecule has 1 rings (SSSR count). The van der Waals surface area contributed by atoms with Crippen LogP contribution in [-0.4, -0.2) is 119 Å². The van der Waals surface area contributed by atoms with Gasteiger partial charge in [0.2, 0.25) is 0 Å². The molecule has 0 aliphatic carbocycles. The molecule has 4 unspecified atom stereocenters. The van der Waals surface area contributed by atoms with Crippen LogP contribution in [0.25, 0.3) is 0 Å². The molecule has 0 heterocycles. The van der Waals surface area contributed by atoms with Crippen LogP contribution in [0.15, 0.2) is 12.1 Å². The Hall–Kier alpha value is -1.58. The Bertz CT molecular complexity index is 1360. The van der Waals surface area contributed by atoms with Crippen LogP contribution in [0.5, 0.6) is 0 Å².